The van der Waals surface area contributed by atoms with Gasteiger partial charge < -0.3 is 41.4 Å². The van der Waals surface area contributed by atoms with Gasteiger partial charge in [-0.25, -0.2) is 9.78 Å². The lowest BCUT2D eigenvalue weighted by Crippen LogP contribution is -2.58. The number of nitrogens with one attached hydrogen (secondary N) is 4. The number of fused-ring (bicyclic) bond motifs is 1. The minimum atomic E-state index is -1.13. The highest BCUT2D eigenvalue weighted by Crippen LogP contribution is 2.21. The monoisotopic (exact) mass is 601 g/mol. The number of rotatable bonds is 12. The number of para-hydroxylation sites is 1. The molecule has 3 amide bonds. The molecular weight excluding hydrogens is 566 g/mol. The summed E-state index contributed by atoms with van der Waals surface area (Å²) >= 11 is 0. The van der Waals surface area contributed by atoms with Crippen molar-refractivity contribution < 1.29 is 29.4 Å². The maximum atomic E-state index is 13.8. The van der Waals surface area contributed by atoms with E-state index in [4.69, 9.17) is 5.73 Å². The molecule has 1 aliphatic heterocycles. The van der Waals surface area contributed by atoms with Gasteiger partial charge in [0.25, 0.3) is 0 Å². The maximum Gasteiger partial charge on any atom is 0.326 e. The Morgan fingerprint density at radius 1 is 0.977 bits per heavy atom. The number of phenolic OH excluding ortho intramolecular Hbond substituents is 1. The molecule has 2 aromatic heterocycles. The number of aromatic nitrogens is 3. The van der Waals surface area contributed by atoms with Crippen LogP contribution >= 0.6 is 0 Å². The Balaban J connectivity index is 1.35. The second-order valence-corrected chi connectivity index (χ2v) is 11.0. The van der Waals surface area contributed by atoms with E-state index in [0.717, 1.165) is 16.5 Å². The predicted molar refractivity (Wildman–Crippen MR) is 160 cm³/mol. The van der Waals surface area contributed by atoms with Crippen molar-refractivity contribution in [3.63, 3.8) is 0 Å². The Labute approximate surface area is 252 Å². The number of benzene rings is 2. The highest BCUT2D eigenvalue weighted by molar-refractivity contribution is 5.95. The Morgan fingerprint density at radius 3 is 2.45 bits per heavy atom. The second-order valence-electron chi connectivity index (χ2n) is 11.0. The molecule has 0 saturated carbocycles. The van der Waals surface area contributed by atoms with Crippen molar-refractivity contribution in [2.45, 2.75) is 56.3 Å². The van der Waals surface area contributed by atoms with E-state index in [1.807, 2.05) is 24.3 Å². The molecule has 3 heterocycles. The summed E-state index contributed by atoms with van der Waals surface area (Å²) in [7, 11) is 0. The van der Waals surface area contributed by atoms with Gasteiger partial charge in [-0.05, 0) is 48.6 Å². The summed E-state index contributed by atoms with van der Waals surface area (Å²) in [6.07, 6.45) is 5.91. The first kappa shape index (κ1) is 30.3. The number of aliphatic carboxylic acids is 1. The zero-order valence-corrected chi connectivity index (χ0v) is 23.9. The third-order valence-corrected chi connectivity index (χ3v) is 7.88. The first-order valence-electron chi connectivity index (χ1n) is 14.4. The predicted octanol–water partition coefficient (Wildman–Crippen LogP) is 0.997. The second kappa shape index (κ2) is 13.4. The summed E-state index contributed by atoms with van der Waals surface area (Å²) in [4.78, 5) is 63.9. The summed E-state index contributed by atoms with van der Waals surface area (Å²) < 4.78 is 0. The molecule has 4 aromatic rings. The van der Waals surface area contributed by atoms with Crippen molar-refractivity contribution in [1.29, 1.82) is 0 Å². The molecule has 5 rings (SSSR count). The van der Waals surface area contributed by atoms with Crippen LogP contribution in [0.15, 0.2) is 67.3 Å². The number of aromatic amines is 2. The van der Waals surface area contributed by atoms with Crippen LogP contribution in [0.25, 0.3) is 10.9 Å². The summed E-state index contributed by atoms with van der Waals surface area (Å²) in [5.74, 6) is -2.80. The number of carboxylic acids is 1. The number of amides is 3. The first-order chi connectivity index (χ1) is 21.2. The molecule has 4 atom stereocenters. The average molecular weight is 602 g/mol. The van der Waals surface area contributed by atoms with Gasteiger partial charge in [-0.2, -0.15) is 0 Å². The van der Waals surface area contributed by atoms with Crippen LogP contribution < -0.4 is 16.4 Å². The molecule has 44 heavy (non-hydrogen) atoms. The van der Waals surface area contributed by atoms with Crippen LogP contribution in [0.3, 0.4) is 0 Å². The molecule has 2 aromatic carbocycles. The molecule has 0 aliphatic carbocycles. The van der Waals surface area contributed by atoms with E-state index in [-0.39, 0.29) is 31.6 Å². The average Bonchev–Trinajstić information content (AvgIpc) is 3.79. The van der Waals surface area contributed by atoms with E-state index in [1.165, 1.54) is 29.6 Å². The number of hydrogen-bond donors (Lipinski definition) is 7. The summed E-state index contributed by atoms with van der Waals surface area (Å²) in [5.41, 5.74) is 9.29. The minimum absolute atomic E-state index is 0.0351. The van der Waals surface area contributed by atoms with Crippen molar-refractivity contribution in [2.24, 2.45) is 5.73 Å². The van der Waals surface area contributed by atoms with Crippen LogP contribution in [0.2, 0.25) is 0 Å². The molecule has 4 unspecified atom stereocenters. The molecule has 1 fully saturated rings. The van der Waals surface area contributed by atoms with Crippen molar-refractivity contribution in [2.75, 3.05) is 6.54 Å². The van der Waals surface area contributed by atoms with Gasteiger partial charge in [0.05, 0.1) is 12.4 Å². The van der Waals surface area contributed by atoms with Crippen molar-refractivity contribution in [3.05, 3.63) is 84.1 Å². The number of aromatic hydroxyl groups is 1. The molecule has 13 heteroatoms. The molecule has 1 aliphatic rings. The highest BCUT2D eigenvalue weighted by atomic mass is 16.4. The van der Waals surface area contributed by atoms with Crippen molar-refractivity contribution in [1.82, 2.24) is 30.5 Å². The molecule has 8 N–H and O–H groups in total. The number of phenols is 1. The van der Waals surface area contributed by atoms with Crippen LogP contribution in [0, 0.1) is 0 Å². The number of nitrogens with zero attached hydrogens (tertiary/aromatic N) is 2. The van der Waals surface area contributed by atoms with Gasteiger partial charge in [0.15, 0.2) is 0 Å². The van der Waals surface area contributed by atoms with Gasteiger partial charge in [-0.1, -0.05) is 30.3 Å². The summed E-state index contributed by atoms with van der Waals surface area (Å²) in [5, 5.41) is 25.8. The number of nitrogens with two attached hydrogens (primary N) is 1. The third kappa shape index (κ3) is 7.06. The van der Waals surface area contributed by atoms with Crippen molar-refractivity contribution >= 4 is 34.6 Å². The number of hydrogen-bond acceptors (Lipinski definition) is 7. The largest absolute Gasteiger partial charge is 0.508 e. The van der Waals surface area contributed by atoms with E-state index >= 15 is 0 Å². The number of H-pyrrole nitrogens is 2. The minimum Gasteiger partial charge on any atom is -0.508 e. The number of likely N-dealkylation sites (tertiary alicyclic amines) is 1. The van der Waals surface area contributed by atoms with E-state index < -0.39 is 47.9 Å². The van der Waals surface area contributed by atoms with E-state index in [0.29, 0.717) is 24.1 Å². The van der Waals surface area contributed by atoms with E-state index in [9.17, 15) is 29.4 Å². The Morgan fingerprint density at radius 2 is 1.73 bits per heavy atom. The molecule has 0 bridgehead atoms. The summed E-state index contributed by atoms with van der Waals surface area (Å²) in [6.45, 7) is 0.251. The lowest BCUT2D eigenvalue weighted by molar-refractivity contribution is -0.149. The molecule has 1 saturated heterocycles. The van der Waals surface area contributed by atoms with E-state index in [2.05, 4.69) is 25.6 Å². The maximum absolute atomic E-state index is 13.8. The Hall–Kier alpha value is -5.17. The number of imidazole rings is 1. The number of carbonyl (C=O) groups excluding carboxylic acids is 3. The molecule has 230 valence electrons. The molecule has 0 radical (unpaired) electrons. The van der Waals surface area contributed by atoms with Crippen LogP contribution in [-0.4, -0.2) is 84.5 Å². The number of carbonyl (C=O) groups is 4. The SMILES string of the molecule is NC(Cc1c[nH]c2ccccc12)C(=O)NC(Cc1ccc(O)cc1)C(=O)NC(Cc1cnc[nH]1)C(=O)N1CCCC1C(=O)O. The van der Waals surface area contributed by atoms with E-state index in [1.54, 1.807) is 18.3 Å². The van der Waals surface area contributed by atoms with Gasteiger partial charge in [-0.3, -0.25) is 14.4 Å². The number of carboxylic acid groups (broad SMARTS) is 1. The Kier molecular flexibility index (Phi) is 9.24. The first-order valence-corrected chi connectivity index (χ1v) is 14.4. The normalized spacial score (nSPS) is 16.8. The quantitative estimate of drug-likeness (QED) is 0.124. The molecular formula is C31H35N7O6. The summed E-state index contributed by atoms with van der Waals surface area (Å²) in [6, 6.07) is 9.62. The fourth-order valence-electron chi connectivity index (χ4n) is 5.56. The van der Waals surface area contributed by atoms with Crippen LogP contribution in [0.4, 0.5) is 0 Å². The van der Waals surface area contributed by atoms with Crippen LogP contribution in [0.5, 0.6) is 5.75 Å². The smallest absolute Gasteiger partial charge is 0.326 e. The molecule has 13 nitrogen and oxygen atoms in total. The Bertz CT molecular complexity index is 1620. The zero-order valence-electron chi connectivity index (χ0n) is 23.9. The third-order valence-electron chi connectivity index (χ3n) is 7.88. The fourth-order valence-corrected chi connectivity index (χ4v) is 5.56. The standard InChI is InChI=1S/C31H35N7O6/c32-23(13-19-15-34-24-5-2-1-4-22(19)24)28(40)36-25(12-18-7-9-21(39)10-8-18)29(41)37-26(14-20-16-33-17-35-20)30(42)38-11-3-6-27(38)31(43)44/h1-2,4-5,7-10,15-17,23,25-27,34,39H,3,6,11-14,32H2,(H,33,35)(H,36,40)(H,37,41)(H,43,44). The van der Waals surface area contributed by atoms with Gasteiger partial charge >= 0.3 is 5.97 Å². The molecule has 0 spiro atoms. The zero-order chi connectivity index (χ0) is 31.2. The van der Waals surface area contributed by atoms with Crippen LogP contribution in [0.1, 0.15) is 29.7 Å². The van der Waals surface area contributed by atoms with Gasteiger partial charge in [-0.15, -0.1) is 0 Å². The topological polar surface area (TPSA) is 207 Å². The lowest BCUT2D eigenvalue weighted by atomic mass is 10.0. The van der Waals surface area contributed by atoms with Crippen LogP contribution in [-0.2, 0) is 38.4 Å². The van der Waals surface area contributed by atoms with Gasteiger partial charge in [0.1, 0.15) is 23.9 Å². The van der Waals surface area contributed by atoms with Gasteiger partial charge in [0.2, 0.25) is 17.7 Å². The van der Waals surface area contributed by atoms with Gasteiger partial charge in [0, 0.05) is 48.4 Å². The lowest BCUT2D eigenvalue weighted by Gasteiger charge is -2.29. The van der Waals surface area contributed by atoms with Crippen molar-refractivity contribution in [3.8, 4) is 5.75 Å². The fraction of sp³-hybridized carbons (Fsp3) is 0.323. The highest BCUT2D eigenvalue weighted by Gasteiger charge is 2.38.